The fraction of sp³-hybridized carbons (Fsp3) is 0.182. The SMILES string of the molecule is Cn1cnnc1CNc1nnc2ccccc2n1. The molecule has 0 fully saturated rings. The summed E-state index contributed by atoms with van der Waals surface area (Å²) >= 11 is 0. The number of aromatic nitrogens is 6. The van der Waals surface area contributed by atoms with Gasteiger partial charge in [-0.05, 0) is 12.1 Å². The highest BCUT2D eigenvalue weighted by molar-refractivity contribution is 5.73. The Labute approximate surface area is 103 Å². The minimum absolute atomic E-state index is 0.483. The first-order valence-electron chi connectivity index (χ1n) is 5.49. The van der Waals surface area contributed by atoms with E-state index in [-0.39, 0.29) is 0 Å². The first-order chi connectivity index (χ1) is 8.83. The summed E-state index contributed by atoms with van der Waals surface area (Å²) in [6, 6.07) is 7.61. The fourth-order valence-electron chi connectivity index (χ4n) is 1.58. The second kappa shape index (κ2) is 4.36. The van der Waals surface area contributed by atoms with Gasteiger partial charge in [-0.3, -0.25) is 0 Å². The molecule has 1 N–H and O–H groups in total. The normalized spacial score (nSPS) is 10.7. The molecule has 3 rings (SSSR count). The molecule has 0 aliphatic rings. The number of nitrogens with one attached hydrogen (secondary N) is 1. The van der Waals surface area contributed by atoms with E-state index in [1.165, 1.54) is 0 Å². The molecule has 3 aromatic rings. The van der Waals surface area contributed by atoms with Crippen LogP contribution in [-0.2, 0) is 13.6 Å². The average Bonchev–Trinajstić information content (AvgIpc) is 2.82. The van der Waals surface area contributed by atoms with E-state index >= 15 is 0 Å². The van der Waals surface area contributed by atoms with Gasteiger partial charge in [0.05, 0.1) is 12.1 Å². The van der Waals surface area contributed by atoms with E-state index < -0.39 is 0 Å². The number of hydrogen-bond acceptors (Lipinski definition) is 6. The molecule has 2 heterocycles. The van der Waals surface area contributed by atoms with Crippen molar-refractivity contribution in [3.8, 4) is 0 Å². The molecule has 1 aromatic carbocycles. The van der Waals surface area contributed by atoms with E-state index in [1.807, 2.05) is 35.9 Å². The zero-order valence-corrected chi connectivity index (χ0v) is 9.78. The Kier molecular flexibility index (Phi) is 2.56. The third-order valence-corrected chi connectivity index (χ3v) is 2.57. The molecule has 2 aromatic heterocycles. The van der Waals surface area contributed by atoms with Crippen molar-refractivity contribution < 1.29 is 0 Å². The minimum atomic E-state index is 0.483. The van der Waals surface area contributed by atoms with E-state index in [4.69, 9.17) is 0 Å². The van der Waals surface area contributed by atoms with Crippen LogP contribution in [0.3, 0.4) is 0 Å². The van der Waals surface area contributed by atoms with Crippen molar-refractivity contribution in [2.75, 3.05) is 5.32 Å². The quantitative estimate of drug-likeness (QED) is 0.729. The molecule has 0 radical (unpaired) electrons. The lowest BCUT2D eigenvalue weighted by molar-refractivity contribution is 0.805. The van der Waals surface area contributed by atoms with Crippen LogP contribution in [-0.4, -0.2) is 29.9 Å². The smallest absolute Gasteiger partial charge is 0.243 e. The summed E-state index contributed by atoms with van der Waals surface area (Å²) in [4.78, 5) is 4.36. The molecular formula is C11H11N7. The molecule has 7 heteroatoms. The van der Waals surface area contributed by atoms with Gasteiger partial charge in [0.25, 0.3) is 0 Å². The summed E-state index contributed by atoms with van der Waals surface area (Å²) in [5.74, 6) is 1.29. The highest BCUT2D eigenvalue weighted by Gasteiger charge is 2.03. The van der Waals surface area contributed by atoms with Crippen LogP contribution in [0.1, 0.15) is 5.82 Å². The summed E-state index contributed by atoms with van der Waals surface area (Å²) in [7, 11) is 1.89. The van der Waals surface area contributed by atoms with Crippen molar-refractivity contribution in [3.63, 3.8) is 0 Å². The maximum absolute atomic E-state index is 4.36. The maximum Gasteiger partial charge on any atom is 0.243 e. The summed E-state index contributed by atoms with van der Waals surface area (Å²) < 4.78 is 1.83. The zero-order chi connectivity index (χ0) is 12.4. The first-order valence-corrected chi connectivity index (χ1v) is 5.49. The molecule has 0 atom stereocenters. The summed E-state index contributed by atoms with van der Waals surface area (Å²) in [5.41, 5.74) is 1.59. The number of hydrogen-bond donors (Lipinski definition) is 1. The Morgan fingerprint density at radius 3 is 2.72 bits per heavy atom. The highest BCUT2D eigenvalue weighted by Crippen LogP contribution is 2.09. The molecular weight excluding hydrogens is 230 g/mol. The largest absolute Gasteiger partial charge is 0.346 e. The molecule has 18 heavy (non-hydrogen) atoms. The first kappa shape index (κ1) is 10.6. The number of anilines is 1. The molecule has 0 aliphatic heterocycles. The molecule has 0 bridgehead atoms. The molecule has 90 valence electrons. The monoisotopic (exact) mass is 241 g/mol. The summed E-state index contributed by atoms with van der Waals surface area (Å²) in [6.45, 7) is 0.510. The number of aryl methyl sites for hydroxylation is 1. The van der Waals surface area contributed by atoms with Crippen LogP contribution in [0.4, 0.5) is 5.95 Å². The van der Waals surface area contributed by atoms with Crippen molar-refractivity contribution in [1.82, 2.24) is 29.9 Å². The molecule has 0 saturated carbocycles. The average molecular weight is 241 g/mol. The van der Waals surface area contributed by atoms with Gasteiger partial charge in [0.1, 0.15) is 11.8 Å². The Bertz CT molecular complexity index is 676. The standard InChI is InChI=1S/C11H11N7/c1-18-7-13-16-10(18)6-12-11-14-8-4-2-3-5-9(8)15-17-11/h2-5,7H,6H2,1H3,(H,12,14,17). The molecule has 0 aliphatic carbocycles. The molecule has 7 nitrogen and oxygen atoms in total. The van der Waals surface area contributed by atoms with E-state index in [0.717, 1.165) is 16.9 Å². The fourth-order valence-corrected chi connectivity index (χ4v) is 1.58. The van der Waals surface area contributed by atoms with E-state index in [1.54, 1.807) is 6.33 Å². The van der Waals surface area contributed by atoms with Crippen LogP contribution >= 0.6 is 0 Å². The van der Waals surface area contributed by atoms with Crippen LogP contribution < -0.4 is 5.32 Å². The third-order valence-electron chi connectivity index (χ3n) is 2.57. The Morgan fingerprint density at radius 2 is 1.94 bits per heavy atom. The van der Waals surface area contributed by atoms with Crippen molar-refractivity contribution in [2.45, 2.75) is 6.54 Å². The number of rotatable bonds is 3. The van der Waals surface area contributed by atoms with Gasteiger partial charge in [-0.1, -0.05) is 12.1 Å². The third kappa shape index (κ3) is 1.97. The highest BCUT2D eigenvalue weighted by atomic mass is 15.3. The van der Waals surface area contributed by atoms with Crippen molar-refractivity contribution in [3.05, 3.63) is 36.4 Å². The number of benzene rings is 1. The van der Waals surface area contributed by atoms with Crippen LogP contribution in [0.25, 0.3) is 11.0 Å². The lowest BCUT2D eigenvalue weighted by Crippen LogP contribution is -2.08. The van der Waals surface area contributed by atoms with Gasteiger partial charge in [0.15, 0.2) is 5.82 Å². The van der Waals surface area contributed by atoms with Gasteiger partial charge in [-0.25, -0.2) is 4.98 Å². The van der Waals surface area contributed by atoms with Crippen molar-refractivity contribution >= 4 is 17.0 Å². The lowest BCUT2D eigenvalue weighted by Gasteiger charge is -2.03. The number of fused-ring (bicyclic) bond motifs is 1. The summed E-state index contributed by atoms with van der Waals surface area (Å²) in [6.07, 6.45) is 1.65. The van der Waals surface area contributed by atoms with Gasteiger partial charge in [0.2, 0.25) is 5.95 Å². The van der Waals surface area contributed by atoms with Gasteiger partial charge in [-0.2, -0.15) is 0 Å². The molecule has 0 amide bonds. The Hall–Kier alpha value is -2.57. The van der Waals surface area contributed by atoms with Crippen molar-refractivity contribution in [1.29, 1.82) is 0 Å². The van der Waals surface area contributed by atoms with E-state index in [2.05, 4.69) is 30.7 Å². The Morgan fingerprint density at radius 1 is 1.11 bits per heavy atom. The van der Waals surface area contributed by atoms with Crippen LogP contribution in [0.5, 0.6) is 0 Å². The van der Waals surface area contributed by atoms with Gasteiger partial charge in [0, 0.05) is 7.05 Å². The predicted octanol–water partition coefficient (Wildman–Crippen LogP) is 0.765. The lowest BCUT2D eigenvalue weighted by atomic mass is 10.3. The summed E-state index contributed by atoms with van der Waals surface area (Å²) in [5, 5.41) is 18.9. The molecule has 0 unspecified atom stereocenters. The zero-order valence-electron chi connectivity index (χ0n) is 9.78. The second-order valence-corrected chi connectivity index (χ2v) is 3.84. The van der Waals surface area contributed by atoms with Crippen LogP contribution in [0.2, 0.25) is 0 Å². The van der Waals surface area contributed by atoms with Gasteiger partial charge >= 0.3 is 0 Å². The van der Waals surface area contributed by atoms with E-state index in [0.29, 0.717) is 12.5 Å². The Balaban J connectivity index is 1.81. The maximum atomic E-state index is 4.36. The predicted molar refractivity (Wildman–Crippen MR) is 65.7 cm³/mol. The number of para-hydroxylation sites is 1. The van der Waals surface area contributed by atoms with Crippen molar-refractivity contribution in [2.24, 2.45) is 7.05 Å². The minimum Gasteiger partial charge on any atom is -0.346 e. The van der Waals surface area contributed by atoms with Gasteiger partial charge < -0.3 is 9.88 Å². The van der Waals surface area contributed by atoms with Crippen LogP contribution in [0.15, 0.2) is 30.6 Å². The molecule has 0 spiro atoms. The topological polar surface area (TPSA) is 81.4 Å². The second-order valence-electron chi connectivity index (χ2n) is 3.84. The van der Waals surface area contributed by atoms with E-state index in [9.17, 15) is 0 Å². The number of nitrogens with zero attached hydrogens (tertiary/aromatic N) is 6. The molecule has 0 saturated heterocycles. The van der Waals surface area contributed by atoms with Gasteiger partial charge in [-0.15, -0.1) is 20.4 Å². The van der Waals surface area contributed by atoms with Crippen LogP contribution in [0, 0.1) is 0 Å².